The number of hydrogen-bond acceptors (Lipinski definition) is 2. The predicted molar refractivity (Wildman–Crippen MR) is 51.9 cm³/mol. The lowest BCUT2D eigenvalue weighted by Gasteiger charge is -2.13. The van der Waals surface area contributed by atoms with Crippen LogP contribution in [0.5, 0.6) is 0 Å². The van der Waals surface area contributed by atoms with Crippen molar-refractivity contribution in [2.24, 2.45) is 17.6 Å². The van der Waals surface area contributed by atoms with Crippen molar-refractivity contribution in [3.8, 4) is 0 Å². The standard InChI is InChI=1S/C10H21NO/c1-4-8(3)6-10(12)9(5-2)7-11/h8-9H,4-7,11H2,1-3H3. The molecule has 2 atom stereocenters. The van der Waals surface area contributed by atoms with E-state index in [1.807, 2.05) is 6.92 Å². The maximum Gasteiger partial charge on any atom is 0.137 e. The van der Waals surface area contributed by atoms with Crippen LogP contribution in [0, 0.1) is 11.8 Å². The van der Waals surface area contributed by atoms with E-state index in [0.717, 1.165) is 12.8 Å². The number of carbonyl (C=O) groups is 1. The van der Waals surface area contributed by atoms with Crippen LogP contribution in [-0.4, -0.2) is 12.3 Å². The van der Waals surface area contributed by atoms with Crippen molar-refractivity contribution in [2.45, 2.75) is 40.0 Å². The second kappa shape index (κ2) is 6.18. The Morgan fingerprint density at radius 1 is 1.33 bits per heavy atom. The summed E-state index contributed by atoms with van der Waals surface area (Å²) in [5.41, 5.74) is 5.48. The first-order valence-electron chi connectivity index (χ1n) is 4.88. The smallest absolute Gasteiger partial charge is 0.137 e. The quantitative estimate of drug-likeness (QED) is 0.664. The van der Waals surface area contributed by atoms with Gasteiger partial charge in [0.05, 0.1) is 0 Å². The van der Waals surface area contributed by atoms with Crippen LogP contribution in [0.1, 0.15) is 40.0 Å². The fourth-order valence-electron chi connectivity index (χ4n) is 1.18. The molecule has 0 rings (SSSR count). The molecule has 2 heteroatoms. The molecule has 0 saturated heterocycles. The molecule has 12 heavy (non-hydrogen) atoms. The highest BCUT2D eigenvalue weighted by atomic mass is 16.1. The highest BCUT2D eigenvalue weighted by Crippen LogP contribution is 2.13. The van der Waals surface area contributed by atoms with Crippen molar-refractivity contribution >= 4 is 5.78 Å². The first kappa shape index (κ1) is 11.6. The Morgan fingerprint density at radius 2 is 1.92 bits per heavy atom. The van der Waals surface area contributed by atoms with Crippen LogP contribution in [0.15, 0.2) is 0 Å². The average Bonchev–Trinajstić information content (AvgIpc) is 2.06. The van der Waals surface area contributed by atoms with Gasteiger partial charge >= 0.3 is 0 Å². The van der Waals surface area contributed by atoms with Crippen molar-refractivity contribution in [3.05, 3.63) is 0 Å². The molecule has 72 valence electrons. The summed E-state index contributed by atoms with van der Waals surface area (Å²) in [6, 6.07) is 0. The molecule has 0 aromatic rings. The van der Waals surface area contributed by atoms with E-state index >= 15 is 0 Å². The molecule has 0 saturated carbocycles. The molecule has 0 fully saturated rings. The van der Waals surface area contributed by atoms with Crippen LogP contribution < -0.4 is 5.73 Å². The molecule has 0 aliphatic rings. The number of rotatable bonds is 6. The molecule has 0 radical (unpaired) electrons. The topological polar surface area (TPSA) is 43.1 Å². The second-order valence-electron chi connectivity index (χ2n) is 3.52. The lowest BCUT2D eigenvalue weighted by Crippen LogP contribution is -2.24. The van der Waals surface area contributed by atoms with Gasteiger partial charge in [0.15, 0.2) is 0 Å². The lowest BCUT2D eigenvalue weighted by molar-refractivity contribution is -0.123. The van der Waals surface area contributed by atoms with Crippen LogP contribution in [0.3, 0.4) is 0 Å². The maximum atomic E-state index is 11.5. The molecular formula is C10H21NO. The Balaban J connectivity index is 3.84. The number of hydrogen-bond donors (Lipinski definition) is 1. The van der Waals surface area contributed by atoms with Gasteiger partial charge in [-0.05, 0) is 12.3 Å². The summed E-state index contributed by atoms with van der Waals surface area (Å²) in [6.07, 6.45) is 2.66. The Kier molecular flexibility index (Phi) is 5.99. The summed E-state index contributed by atoms with van der Waals surface area (Å²) in [4.78, 5) is 11.5. The van der Waals surface area contributed by atoms with Crippen LogP contribution in [0.2, 0.25) is 0 Å². The third-order valence-electron chi connectivity index (χ3n) is 2.48. The van der Waals surface area contributed by atoms with E-state index in [2.05, 4.69) is 13.8 Å². The zero-order valence-corrected chi connectivity index (χ0v) is 8.47. The predicted octanol–water partition coefficient (Wildman–Crippen LogP) is 1.98. The normalized spacial score (nSPS) is 15.7. The highest BCUT2D eigenvalue weighted by molar-refractivity contribution is 5.81. The highest BCUT2D eigenvalue weighted by Gasteiger charge is 2.16. The minimum Gasteiger partial charge on any atom is -0.330 e. The molecule has 0 bridgehead atoms. The van der Waals surface area contributed by atoms with Gasteiger partial charge in [-0.25, -0.2) is 0 Å². The van der Waals surface area contributed by atoms with Crippen molar-refractivity contribution in [3.63, 3.8) is 0 Å². The fraction of sp³-hybridized carbons (Fsp3) is 0.900. The van der Waals surface area contributed by atoms with E-state index in [0.29, 0.717) is 24.7 Å². The fourth-order valence-corrected chi connectivity index (χ4v) is 1.18. The summed E-state index contributed by atoms with van der Waals surface area (Å²) in [5.74, 6) is 0.950. The molecule has 2 unspecified atom stereocenters. The SMILES string of the molecule is CCC(C)CC(=O)C(CC)CN. The summed E-state index contributed by atoms with van der Waals surface area (Å²) in [5, 5.41) is 0. The van der Waals surface area contributed by atoms with Gasteiger partial charge in [-0.15, -0.1) is 0 Å². The summed E-state index contributed by atoms with van der Waals surface area (Å²) < 4.78 is 0. The van der Waals surface area contributed by atoms with Gasteiger partial charge in [0.25, 0.3) is 0 Å². The molecule has 0 aromatic carbocycles. The average molecular weight is 171 g/mol. The van der Waals surface area contributed by atoms with E-state index < -0.39 is 0 Å². The third-order valence-corrected chi connectivity index (χ3v) is 2.48. The molecule has 0 aromatic heterocycles. The molecule has 0 spiro atoms. The van der Waals surface area contributed by atoms with Crippen LogP contribution >= 0.6 is 0 Å². The van der Waals surface area contributed by atoms with Gasteiger partial charge in [-0.3, -0.25) is 4.79 Å². The molecule has 0 aliphatic heterocycles. The number of ketones is 1. The van der Waals surface area contributed by atoms with E-state index in [1.54, 1.807) is 0 Å². The third kappa shape index (κ3) is 3.86. The monoisotopic (exact) mass is 171 g/mol. The van der Waals surface area contributed by atoms with Gasteiger partial charge in [0, 0.05) is 18.9 Å². The van der Waals surface area contributed by atoms with Crippen LogP contribution in [0.25, 0.3) is 0 Å². The van der Waals surface area contributed by atoms with Gasteiger partial charge in [-0.1, -0.05) is 27.2 Å². The van der Waals surface area contributed by atoms with Crippen LogP contribution in [-0.2, 0) is 4.79 Å². The Bertz CT molecular complexity index is 130. The Hall–Kier alpha value is -0.370. The lowest BCUT2D eigenvalue weighted by atomic mass is 9.92. The number of Topliss-reactive ketones (excluding diaryl/α,β-unsaturated/α-hetero) is 1. The van der Waals surface area contributed by atoms with Crippen molar-refractivity contribution in [2.75, 3.05) is 6.54 Å². The molecule has 2 N–H and O–H groups in total. The summed E-state index contributed by atoms with van der Waals surface area (Å²) in [7, 11) is 0. The van der Waals surface area contributed by atoms with Gasteiger partial charge in [-0.2, -0.15) is 0 Å². The van der Waals surface area contributed by atoms with Gasteiger partial charge in [0.1, 0.15) is 5.78 Å². The van der Waals surface area contributed by atoms with E-state index in [4.69, 9.17) is 5.73 Å². The first-order chi connectivity index (χ1) is 5.65. The summed E-state index contributed by atoms with van der Waals surface area (Å²) >= 11 is 0. The zero-order chi connectivity index (χ0) is 9.56. The van der Waals surface area contributed by atoms with Crippen molar-refractivity contribution in [1.82, 2.24) is 0 Å². The van der Waals surface area contributed by atoms with Crippen molar-refractivity contribution in [1.29, 1.82) is 0 Å². The Morgan fingerprint density at radius 3 is 2.25 bits per heavy atom. The first-order valence-corrected chi connectivity index (χ1v) is 4.88. The minimum absolute atomic E-state index is 0.0963. The molecule has 2 nitrogen and oxygen atoms in total. The number of nitrogens with two attached hydrogens (primary N) is 1. The number of carbonyl (C=O) groups excluding carboxylic acids is 1. The molecular weight excluding hydrogens is 150 g/mol. The zero-order valence-electron chi connectivity index (χ0n) is 8.47. The summed E-state index contributed by atoms with van der Waals surface area (Å²) in [6.45, 7) is 6.75. The van der Waals surface area contributed by atoms with Crippen molar-refractivity contribution < 1.29 is 4.79 Å². The van der Waals surface area contributed by atoms with E-state index in [-0.39, 0.29) is 5.92 Å². The maximum absolute atomic E-state index is 11.5. The van der Waals surface area contributed by atoms with E-state index in [9.17, 15) is 4.79 Å². The van der Waals surface area contributed by atoms with Crippen LogP contribution in [0.4, 0.5) is 0 Å². The Labute approximate surface area is 75.5 Å². The van der Waals surface area contributed by atoms with Gasteiger partial charge < -0.3 is 5.73 Å². The molecule has 0 amide bonds. The van der Waals surface area contributed by atoms with Gasteiger partial charge in [0.2, 0.25) is 0 Å². The molecule has 0 aliphatic carbocycles. The minimum atomic E-state index is 0.0963. The largest absolute Gasteiger partial charge is 0.330 e. The second-order valence-corrected chi connectivity index (χ2v) is 3.52. The molecule has 0 heterocycles. The van der Waals surface area contributed by atoms with E-state index in [1.165, 1.54) is 0 Å².